The van der Waals surface area contributed by atoms with Crippen LogP contribution in [0.2, 0.25) is 0 Å². The fraction of sp³-hybridized carbons (Fsp3) is 0.615. The second-order valence-corrected chi connectivity index (χ2v) is 4.47. The summed E-state index contributed by atoms with van der Waals surface area (Å²) in [4.78, 5) is 4.18. The first-order chi connectivity index (χ1) is 7.84. The largest absolute Gasteiger partial charge is 0.378 e. The quantitative estimate of drug-likeness (QED) is 0.771. The number of aromatic nitrogens is 1. The third-order valence-corrected chi connectivity index (χ3v) is 2.93. The Morgan fingerprint density at radius 2 is 2.44 bits per heavy atom. The van der Waals surface area contributed by atoms with Gasteiger partial charge < -0.3 is 10.1 Å². The molecule has 2 rings (SSSR count). The van der Waals surface area contributed by atoms with Crippen LogP contribution in [0.15, 0.2) is 18.5 Å². The van der Waals surface area contributed by atoms with Crippen molar-refractivity contribution in [2.75, 3.05) is 13.2 Å². The second-order valence-electron chi connectivity index (χ2n) is 4.47. The SMILES string of the molecule is Cc1cncc(CNCCC2CCCO2)c1. The van der Waals surface area contributed by atoms with Gasteiger partial charge in [-0.3, -0.25) is 4.98 Å². The molecule has 0 amide bonds. The van der Waals surface area contributed by atoms with Crippen molar-refractivity contribution < 1.29 is 4.74 Å². The van der Waals surface area contributed by atoms with E-state index in [1.54, 1.807) is 0 Å². The van der Waals surface area contributed by atoms with Gasteiger partial charge in [-0.05, 0) is 43.9 Å². The first-order valence-corrected chi connectivity index (χ1v) is 6.07. The van der Waals surface area contributed by atoms with E-state index >= 15 is 0 Å². The maximum atomic E-state index is 5.57. The molecule has 1 saturated heterocycles. The Morgan fingerprint density at radius 3 is 3.19 bits per heavy atom. The molecule has 16 heavy (non-hydrogen) atoms. The molecule has 1 aliphatic heterocycles. The molecular weight excluding hydrogens is 200 g/mol. The molecule has 0 bridgehead atoms. The molecule has 1 fully saturated rings. The van der Waals surface area contributed by atoms with Crippen molar-refractivity contribution in [3.63, 3.8) is 0 Å². The van der Waals surface area contributed by atoms with Gasteiger partial charge in [0.05, 0.1) is 6.10 Å². The number of nitrogens with zero attached hydrogens (tertiary/aromatic N) is 1. The Kier molecular flexibility index (Phi) is 4.31. The van der Waals surface area contributed by atoms with Crippen LogP contribution in [0.4, 0.5) is 0 Å². The van der Waals surface area contributed by atoms with Gasteiger partial charge in [0, 0.05) is 25.5 Å². The van der Waals surface area contributed by atoms with E-state index in [0.29, 0.717) is 6.10 Å². The number of nitrogens with one attached hydrogen (secondary N) is 1. The smallest absolute Gasteiger partial charge is 0.0588 e. The molecule has 0 saturated carbocycles. The van der Waals surface area contributed by atoms with Crippen LogP contribution < -0.4 is 5.32 Å². The van der Waals surface area contributed by atoms with Gasteiger partial charge in [0.25, 0.3) is 0 Å². The van der Waals surface area contributed by atoms with E-state index in [1.165, 1.54) is 24.0 Å². The maximum absolute atomic E-state index is 5.57. The lowest BCUT2D eigenvalue weighted by molar-refractivity contribution is 0.104. The molecule has 1 unspecified atom stereocenters. The number of hydrogen-bond acceptors (Lipinski definition) is 3. The standard InChI is InChI=1S/C13H20N2O/c1-11-7-12(10-15-8-11)9-14-5-4-13-3-2-6-16-13/h7-8,10,13-14H,2-6,9H2,1H3. The van der Waals surface area contributed by atoms with E-state index in [2.05, 4.69) is 23.3 Å². The van der Waals surface area contributed by atoms with Crippen molar-refractivity contribution in [1.82, 2.24) is 10.3 Å². The van der Waals surface area contributed by atoms with Gasteiger partial charge in [0.15, 0.2) is 0 Å². The van der Waals surface area contributed by atoms with Crippen LogP contribution in [-0.2, 0) is 11.3 Å². The van der Waals surface area contributed by atoms with Crippen molar-refractivity contribution in [3.8, 4) is 0 Å². The topological polar surface area (TPSA) is 34.2 Å². The van der Waals surface area contributed by atoms with Gasteiger partial charge in [-0.1, -0.05) is 6.07 Å². The Balaban J connectivity index is 1.64. The van der Waals surface area contributed by atoms with Crippen molar-refractivity contribution in [2.45, 2.75) is 38.8 Å². The number of ether oxygens (including phenoxy) is 1. The summed E-state index contributed by atoms with van der Waals surface area (Å²) < 4.78 is 5.57. The third-order valence-electron chi connectivity index (χ3n) is 2.93. The van der Waals surface area contributed by atoms with Gasteiger partial charge in [-0.25, -0.2) is 0 Å². The molecule has 2 heterocycles. The Labute approximate surface area is 97.2 Å². The zero-order valence-electron chi connectivity index (χ0n) is 9.91. The molecule has 1 aliphatic rings. The third kappa shape index (κ3) is 3.58. The monoisotopic (exact) mass is 220 g/mol. The number of pyridine rings is 1. The number of aryl methyl sites for hydroxylation is 1. The van der Waals surface area contributed by atoms with Crippen LogP contribution in [-0.4, -0.2) is 24.2 Å². The zero-order chi connectivity index (χ0) is 11.2. The minimum absolute atomic E-state index is 0.489. The lowest BCUT2D eigenvalue weighted by atomic mass is 10.2. The minimum Gasteiger partial charge on any atom is -0.378 e. The highest BCUT2D eigenvalue weighted by molar-refractivity contribution is 5.16. The fourth-order valence-electron chi connectivity index (χ4n) is 2.08. The Bertz CT molecular complexity index is 321. The van der Waals surface area contributed by atoms with Gasteiger partial charge in [0.2, 0.25) is 0 Å². The van der Waals surface area contributed by atoms with E-state index < -0.39 is 0 Å². The molecule has 1 atom stereocenters. The number of rotatable bonds is 5. The predicted molar refractivity (Wildman–Crippen MR) is 64.3 cm³/mol. The van der Waals surface area contributed by atoms with E-state index in [9.17, 15) is 0 Å². The highest BCUT2D eigenvalue weighted by Gasteiger charge is 2.14. The normalized spacial score (nSPS) is 20.2. The number of hydrogen-bond donors (Lipinski definition) is 1. The Hall–Kier alpha value is -0.930. The molecule has 3 nitrogen and oxygen atoms in total. The van der Waals surface area contributed by atoms with E-state index in [4.69, 9.17) is 4.74 Å². The molecule has 0 radical (unpaired) electrons. The zero-order valence-corrected chi connectivity index (χ0v) is 9.91. The average molecular weight is 220 g/mol. The van der Waals surface area contributed by atoms with Crippen LogP contribution in [0.25, 0.3) is 0 Å². The molecule has 1 aromatic rings. The van der Waals surface area contributed by atoms with Gasteiger partial charge >= 0.3 is 0 Å². The molecule has 0 spiro atoms. The predicted octanol–water partition coefficient (Wildman–Crippen LogP) is 2.05. The maximum Gasteiger partial charge on any atom is 0.0588 e. The summed E-state index contributed by atoms with van der Waals surface area (Å²) in [6, 6.07) is 2.17. The van der Waals surface area contributed by atoms with Crippen LogP contribution in [0, 0.1) is 6.92 Å². The highest BCUT2D eigenvalue weighted by atomic mass is 16.5. The summed E-state index contributed by atoms with van der Waals surface area (Å²) in [5, 5.41) is 3.44. The summed E-state index contributed by atoms with van der Waals surface area (Å²) >= 11 is 0. The van der Waals surface area contributed by atoms with Gasteiger partial charge in [-0.15, -0.1) is 0 Å². The summed E-state index contributed by atoms with van der Waals surface area (Å²) in [6.45, 7) is 4.95. The lowest BCUT2D eigenvalue weighted by Crippen LogP contribution is -2.19. The van der Waals surface area contributed by atoms with Crippen molar-refractivity contribution >= 4 is 0 Å². The molecule has 0 aliphatic carbocycles. The van der Waals surface area contributed by atoms with Gasteiger partial charge in [-0.2, -0.15) is 0 Å². The van der Waals surface area contributed by atoms with E-state index in [0.717, 1.165) is 26.1 Å². The lowest BCUT2D eigenvalue weighted by Gasteiger charge is -2.10. The first kappa shape index (κ1) is 11.6. The minimum atomic E-state index is 0.489. The van der Waals surface area contributed by atoms with Crippen LogP contribution >= 0.6 is 0 Å². The Morgan fingerprint density at radius 1 is 1.50 bits per heavy atom. The van der Waals surface area contributed by atoms with E-state index in [1.807, 2.05) is 12.4 Å². The van der Waals surface area contributed by atoms with Crippen LogP contribution in [0.5, 0.6) is 0 Å². The summed E-state index contributed by atoms with van der Waals surface area (Å²) in [5.74, 6) is 0. The second kappa shape index (κ2) is 5.97. The first-order valence-electron chi connectivity index (χ1n) is 6.07. The summed E-state index contributed by atoms with van der Waals surface area (Å²) in [7, 11) is 0. The summed E-state index contributed by atoms with van der Waals surface area (Å²) in [6.07, 6.45) is 7.88. The summed E-state index contributed by atoms with van der Waals surface area (Å²) in [5.41, 5.74) is 2.48. The van der Waals surface area contributed by atoms with Gasteiger partial charge in [0.1, 0.15) is 0 Å². The fourth-order valence-corrected chi connectivity index (χ4v) is 2.08. The molecule has 0 aromatic carbocycles. The average Bonchev–Trinajstić information content (AvgIpc) is 2.77. The highest BCUT2D eigenvalue weighted by Crippen LogP contribution is 2.14. The molecule has 1 aromatic heterocycles. The van der Waals surface area contributed by atoms with Crippen LogP contribution in [0.3, 0.4) is 0 Å². The van der Waals surface area contributed by atoms with E-state index in [-0.39, 0.29) is 0 Å². The van der Waals surface area contributed by atoms with Crippen molar-refractivity contribution in [1.29, 1.82) is 0 Å². The van der Waals surface area contributed by atoms with Crippen LogP contribution in [0.1, 0.15) is 30.4 Å². The molecule has 1 N–H and O–H groups in total. The van der Waals surface area contributed by atoms with Crippen molar-refractivity contribution in [2.24, 2.45) is 0 Å². The molecule has 3 heteroatoms. The van der Waals surface area contributed by atoms with Crippen molar-refractivity contribution in [3.05, 3.63) is 29.6 Å². The molecule has 88 valence electrons. The molecular formula is C13H20N2O.